The topological polar surface area (TPSA) is 304 Å². The third-order valence-corrected chi connectivity index (χ3v) is 14.6. The molecule has 1 aromatic heterocycles. The predicted octanol–water partition coefficient (Wildman–Crippen LogP) is 3.06. The second-order valence-corrected chi connectivity index (χ2v) is 20.3. The van der Waals surface area contributed by atoms with Crippen molar-refractivity contribution >= 4 is 53.1 Å². The quantitative estimate of drug-likeness (QED) is 0.0522. The minimum Gasteiger partial charge on any atom is -0.479 e. The highest BCUT2D eigenvalue weighted by atomic mass is 32.2. The molecule has 0 saturated carbocycles. The first-order chi connectivity index (χ1) is 37.5. The Bertz CT molecular complexity index is 2630. The van der Waals surface area contributed by atoms with E-state index in [1.54, 1.807) is 15.9 Å². The van der Waals surface area contributed by atoms with Crippen LogP contribution in [0.1, 0.15) is 62.4 Å². The van der Waals surface area contributed by atoms with Crippen LogP contribution >= 0.6 is 11.8 Å². The molecule has 8 atom stereocenters. The summed E-state index contributed by atoms with van der Waals surface area (Å²) in [7, 11) is 0. The molecule has 26 heteroatoms. The number of aliphatic hydroxyl groups is 3. The minimum atomic E-state index is -1.99. The van der Waals surface area contributed by atoms with E-state index in [1.807, 2.05) is 0 Å². The first-order valence-corrected chi connectivity index (χ1v) is 26.8. The number of benzene rings is 2. The molecule has 5 heterocycles. The number of aromatic nitrogens is 2. The number of imidazole rings is 1. The van der Waals surface area contributed by atoms with Crippen molar-refractivity contribution in [2.75, 3.05) is 69.3 Å². The highest BCUT2D eigenvalue weighted by Gasteiger charge is 2.48. The van der Waals surface area contributed by atoms with Gasteiger partial charge in [0.25, 0.3) is 5.91 Å². The van der Waals surface area contributed by atoms with Gasteiger partial charge in [0, 0.05) is 94.3 Å². The summed E-state index contributed by atoms with van der Waals surface area (Å²) in [6, 6.07) is 6.49. The van der Waals surface area contributed by atoms with E-state index < -0.39 is 78.4 Å². The molecule has 424 valence electrons. The third-order valence-electron chi connectivity index (χ3n) is 13.6. The van der Waals surface area contributed by atoms with Gasteiger partial charge in [0.15, 0.2) is 6.10 Å². The van der Waals surface area contributed by atoms with Crippen molar-refractivity contribution in [3.8, 4) is 17.0 Å². The van der Waals surface area contributed by atoms with E-state index in [0.29, 0.717) is 75.5 Å². The standard InChI is InChI=1S/C52H65F3N8O14S/c1-29-6-11-42(66)62(29)17-4-2-3-5-40(64)57-15-12-41(65)60-37-21-30(7-10-39(37)76-51-47(70)45(68)46(69)48(77-51)50(71)72)27-75-52(73)58-16-20-78-28-43(67)63(26-32-23-56-24-36(32)55)44(31-13-18-74-19-14-31)49-59-25-38(61-49)34-22-33(53)8-9-35(34)54/h6-11,21-22,25,31-32,36,44-48,51,56,68-70H,1-5,12-20,23-24,26-28H2,(H,57,64)(H,58,73)(H,59,61)(H,60,65)(H,71,72)/t32-,36-,44+,45-,46-,47+,48+,51-/m0/s1. The van der Waals surface area contributed by atoms with Crippen LogP contribution in [0.4, 0.5) is 23.7 Å². The number of allylic oxidation sites excluding steroid dienone is 1. The van der Waals surface area contributed by atoms with E-state index in [9.17, 15) is 58.0 Å². The normalized spacial score (nSPS) is 22.7. The molecule has 2 aromatic carbocycles. The summed E-state index contributed by atoms with van der Waals surface area (Å²) < 4.78 is 66.3. The number of halogens is 3. The van der Waals surface area contributed by atoms with Crippen molar-refractivity contribution in [1.29, 1.82) is 0 Å². The molecular weight excluding hydrogens is 1050 g/mol. The monoisotopic (exact) mass is 1110 g/mol. The molecule has 0 aliphatic carbocycles. The number of hydrogen-bond donors (Lipinski definition) is 9. The lowest BCUT2D eigenvalue weighted by Crippen LogP contribution is -2.61. The van der Waals surface area contributed by atoms with Crippen LogP contribution in [0.25, 0.3) is 11.3 Å². The molecule has 7 rings (SSSR count). The van der Waals surface area contributed by atoms with Crippen molar-refractivity contribution in [1.82, 2.24) is 35.7 Å². The minimum absolute atomic E-state index is 0.0376. The van der Waals surface area contributed by atoms with E-state index in [-0.39, 0.29) is 103 Å². The van der Waals surface area contributed by atoms with Gasteiger partial charge in [-0.15, -0.1) is 0 Å². The Morgan fingerprint density at radius 1 is 0.949 bits per heavy atom. The summed E-state index contributed by atoms with van der Waals surface area (Å²) in [4.78, 5) is 87.4. The second-order valence-electron chi connectivity index (χ2n) is 19.2. The number of nitrogens with one attached hydrogen (secondary N) is 5. The molecule has 5 amide bonds. The molecule has 3 fully saturated rings. The number of aliphatic hydroxyl groups excluding tert-OH is 3. The van der Waals surface area contributed by atoms with Gasteiger partial charge in [-0.2, -0.15) is 11.8 Å². The van der Waals surface area contributed by atoms with E-state index in [4.69, 9.17) is 18.9 Å². The molecule has 4 aliphatic heterocycles. The Morgan fingerprint density at radius 2 is 1.74 bits per heavy atom. The van der Waals surface area contributed by atoms with E-state index in [0.717, 1.165) is 18.2 Å². The van der Waals surface area contributed by atoms with E-state index in [2.05, 4.69) is 37.8 Å². The van der Waals surface area contributed by atoms with Crippen molar-refractivity contribution in [2.45, 2.75) is 94.5 Å². The van der Waals surface area contributed by atoms with Gasteiger partial charge >= 0.3 is 12.1 Å². The fourth-order valence-electron chi connectivity index (χ4n) is 9.39. The van der Waals surface area contributed by atoms with Crippen LogP contribution in [0.3, 0.4) is 0 Å². The van der Waals surface area contributed by atoms with Gasteiger partial charge in [0.2, 0.25) is 24.0 Å². The summed E-state index contributed by atoms with van der Waals surface area (Å²) in [5.74, 6) is -4.66. The molecule has 9 N–H and O–H groups in total. The van der Waals surface area contributed by atoms with Crippen LogP contribution < -0.4 is 26.0 Å². The Balaban J connectivity index is 0.927. The number of carbonyl (C=O) groups excluding carboxylic acids is 5. The molecule has 0 radical (unpaired) electrons. The number of carboxylic acids is 1. The lowest BCUT2D eigenvalue weighted by molar-refractivity contribution is -0.271. The number of carbonyl (C=O) groups is 6. The van der Waals surface area contributed by atoms with Gasteiger partial charge in [0.05, 0.1) is 29.4 Å². The molecule has 0 spiro atoms. The summed E-state index contributed by atoms with van der Waals surface area (Å²) in [5.41, 5.74) is 1.05. The smallest absolute Gasteiger partial charge is 0.407 e. The third kappa shape index (κ3) is 16.0. The largest absolute Gasteiger partial charge is 0.479 e. The second kappa shape index (κ2) is 28.4. The Labute approximate surface area is 451 Å². The summed E-state index contributed by atoms with van der Waals surface area (Å²) in [5, 5.41) is 51.6. The number of aromatic amines is 1. The van der Waals surface area contributed by atoms with Crippen molar-refractivity contribution < 1.29 is 81.3 Å². The van der Waals surface area contributed by atoms with Gasteiger partial charge in [-0.05, 0) is 73.6 Å². The van der Waals surface area contributed by atoms with Gasteiger partial charge in [-0.3, -0.25) is 19.2 Å². The molecular formula is C52H65F3N8O14S. The molecule has 22 nitrogen and oxygen atoms in total. The molecule has 3 saturated heterocycles. The van der Waals surface area contributed by atoms with Crippen molar-refractivity contribution in [3.63, 3.8) is 0 Å². The number of alkyl carbamates (subject to hydrolysis) is 1. The number of H-pyrrole nitrogens is 1. The van der Waals surface area contributed by atoms with Crippen LogP contribution in [0, 0.1) is 23.5 Å². The fourth-order valence-corrected chi connectivity index (χ4v) is 10.1. The Hall–Kier alpha value is -6.55. The zero-order chi connectivity index (χ0) is 55.9. The fraction of sp³-hybridized carbons (Fsp3) is 0.519. The van der Waals surface area contributed by atoms with Crippen LogP contribution in [-0.4, -0.2) is 177 Å². The maximum atomic E-state index is 15.2. The molecule has 3 aromatic rings. The van der Waals surface area contributed by atoms with Gasteiger partial charge < -0.3 is 75.4 Å². The number of rotatable bonds is 26. The summed E-state index contributed by atoms with van der Waals surface area (Å²) in [6.07, 6.45) is -4.35. The first kappa shape index (κ1) is 59.1. The number of amides is 5. The van der Waals surface area contributed by atoms with Gasteiger partial charge in [-0.1, -0.05) is 19.1 Å². The maximum absolute atomic E-state index is 15.2. The number of aliphatic carboxylic acids is 1. The SMILES string of the molecule is C=C1C=CC(=O)N1CCCCCC(=O)NCCC(=O)Nc1cc(COC(=O)NCCSCC(=O)N(C[C@@H]2CNC[C@@H]2F)[C@@H](c2ncc(-c3cc(F)ccc3F)[nH]2)C2CCOCC2)ccc1O[C@H]1O[C@@H](C(=O)O)[C@@H](O)[C@H](O)[C@H]1O. The predicted molar refractivity (Wildman–Crippen MR) is 275 cm³/mol. The number of alkyl halides is 1. The number of thioether (sulfide) groups is 1. The maximum Gasteiger partial charge on any atom is 0.407 e. The number of nitrogens with zero attached hydrogens (tertiary/aromatic N) is 3. The average molecular weight is 1120 g/mol. The lowest BCUT2D eigenvalue weighted by Gasteiger charge is -2.39. The lowest BCUT2D eigenvalue weighted by atomic mass is 9.89. The number of anilines is 1. The Morgan fingerprint density at radius 3 is 2.47 bits per heavy atom. The van der Waals surface area contributed by atoms with Crippen molar-refractivity contribution in [3.05, 3.63) is 90.0 Å². The van der Waals surface area contributed by atoms with Crippen LogP contribution in [-0.2, 0) is 44.8 Å². The van der Waals surface area contributed by atoms with Crippen LogP contribution in [0.15, 0.2) is 67.0 Å². The number of hydrogen-bond acceptors (Lipinski definition) is 16. The summed E-state index contributed by atoms with van der Waals surface area (Å²) in [6.45, 7) is 5.32. The molecule has 0 bridgehead atoms. The van der Waals surface area contributed by atoms with Gasteiger partial charge in [0.1, 0.15) is 54.3 Å². The van der Waals surface area contributed by atoms with E-state index in [1.165, 1.54) is 42.2 Å². The number of unbranched alkanes of at least 4 members (excludes halogenated alkanes) is 2. The highest BCUT2D eigenvalue weighted by molar-refractivity contribution is 7.99. The molecule has 0 unspecified atom stereocenters. The number of carboxylic acid groups (broad SMARTS) is 1. The summed E-state index contributed by atoms with van der Waals surface area (Å²) >= 11 is 1.21. The average Bonchev–Trinajstić information content (AvgIpc) is 4.21. The van der Waals surface area contributed by atoms with Crippen LogP contribution in [0.2, 0.25) is 0 Å². The first-order valence-electron chi connectivity index (χ1n) is 25.6. The zero-order valence-electron chi connectivity index (χ0n) is 42.6. The van der Waals surface area contributed by atoms with Crippen LogP contribution in [0.5, 0.6) is 5.75 Å². The molecule has 4 aliphatic rings. The Kier molecular flexibility index (Phi) is 21.5. The van der Waals surface area contributed by atoms with E-state index >= 15 is 4.39 Å². The molecule has 78 heavy (non-hydrogen) atoms. The van der Waals surface area contributed by atoms with Gasteiger partial charge in [-0.25, -0.2) is 27.7 Å². The van der Waals surface area contributed by atoms with Crippen molar-refractivity contribution in [2.24, 2.45) is 11.8 Å². The number of ether oxygens (including phenoxy) is 4. The highest BCUT2D eigenvalue weighted by Crippen LogP contribution is 2.37. The zero-order valence-corrected chi connectivity index (χ0v) is 43.4.